The first-order valence-electron chi connectivity index (χ1n) is 6.15. The molecule has 2 aromatic heterocycles. The van der Waals surface area contributed by atoms with E-state index in [9.17, 15) is 4.79 Å². The van der Waals surface area contributed by atoms with Crippen LogP contribution in [0.1, 0.15) is 31.7 Å². The fraction of sp³-hybridized carbons (Fsp3) is 0.385. The van der Waals surface area contributed by atoms with E-state index in [1.807, 2.05) is 10.6 Å². The number of nitrogens with zero attached hydrogens (tertiary/aromatic N) is 2. The van der Waals surface area contributed by atoms with Crippen LogP contribution in [-0.4, -0.2) is 20.6 Å². The molecule has 0 aliphatic heterocycles. The highest BCUT2D eigenvalue weighted by molar-refractivity contribution is 5.83. The second-order valence-electron chi connectivity index (χ2n) is 4.18. The van der Waals surface area contributed by atoms with E-state index < -0.39 is 6.09 Å². The summed E-state index contributed by atoms with van der Waals surface area (Å²) in [6.45, 7) is 4.23. The Bertz CT molecular complexity index is 575. The van der Waals surface area contributed by atoms with Crippen LogP contribution in [0.3, 0.4) is 0 Å². The Labute approximate surface area is 105 Å². The zero-order chi connectivity index (χ0) is 13.1. The highest BCUT2D eigenvalue weighted by Gasteiger charge is 2.10. The van der Waals surface area contributed by atoms with Crippen molar-refractivity contribution >= 4 is 17.4 Å². The SMILES string of the molecule is CCCc1nc2cc(NC(=O)O)ccn2c1CC. The normalized spacial score (nSPS) is 10.8. The molecule has 2 aromatic rings. The second-order valence-corrected chi connectivity index (χ2v) is 4.18. The van der Waals surface area contributed by atoms with Crippen LogP contribution in [0.25, 0.3) is 5.65 Å². The van der Waals surface area contributed by atoms with Gasteiger partial charge in [-0.1, -0.05) is 20.3 Å². The van der Waals surface area contributed by atoms with Crippen LogP contribution in [-0.2, 0) is 12.8 Å². The number of pyridine rings is 1. The number of hydrogen-bond acceptors (Lipinski definition) is 2. The summed E-state index contributed by atoms with van der Waals surface area (Å²) in [5.41, 5.74) is 3.65. The standard InChI is InChI=1S/C13H17N3O2/c1-3-5-10-11(4-2)16-7-6-9(14-13(17)18)8-12(16)15-10/h6-8,14H,3-5H2,1-2H3,(H,17,18). The number of carbonyl (C=O) groups is 1. The number of anilines is 1. The number of aryl methyl sites for hydroxylation is 2. The number of imidazole rings is 1. The number of hydrogen-bond donors (Lipinski definition) is 2. The second kappa shape index (κ2) is 5.08. The Morgan fingerprint density at radius 1 is 1.50 bits per heavy atom. The smallest absolute Gasteiger partial charge is 0.409 e. The summed E-state index contributed by atoms with van der Waals surface area (Å²) in [6.07, 6.45) is 3.73. The van der Waals surface area contributed by atoms with E-state index in [0.29, 0.717) is 5.69 Å². The van der Waals surface area contributed by atoms with Gasteiger partial charge < -0.3 is 9.51 Å². The summed E-state index contributed by atoms with van der Waals surface area (Å²) in [4.78, 5) is 15.2. The van der Waals surface area contributed by atoms with Crippen molar-refractivity contribution in [2.24, 2.45) is 0 Å². The maximum atomic E-state index is 10.6. The van der Waals surface area contributed by atoms with Crippen molar-refractivity contribution in [3.8, 4) is 0 Å². The van der Waals surface area contributed by atoms with E-state index in [2.05, 4.69) is 24.1 Å². The average molecular weight is 247 g/mol. The monoisotopic (exact) mass is 247 g/mol. The van der Waals surface area contributed by atoms with Gasteiger partial charge in [-0.05, 0) is 18.9 Å². The van der Waals surface area contributed by atoms with Crippen LogP contribution in [0.2, 0.25) is 0 Å². The third-order valence-electron chi connectivity index (χ3n) is 2.88. The molecule has 0 spiro atoms. The molecular weight excluding hydrogens is 230 g/mol. The number of fused-ring (bicyclic) bond motifs is 1. The largest absolute Gasteiger partial charge is 0.465 e. The predicted molar refractivity (Wildman–Crippen MR) is 70.2 cm³/mol. The van der Waals surface area contributed by atoms with Gasteiger partial charge in [0.15, 0.2) is 0 Å². The zero-order valence-corrected chi connectivity index (χ0v) is 10.6. The molecule has 0 unspecified atom stereocenters. The highest BCUT2D eigenvalue weighted by Crippen LogP contribution is 2.18. The maximum Gasteiger partial charge on any atom is 0.409 e. The molecule has 5 heteroatoms. The van der Waals surface area contributed by atoms with E-state index in [0.717, 1.165) is 30.6 Å². The molecule has 0 saturated carbocycles. The molecule has 0 radical (unpaired) electrons. The van der Waals surface area contributed by atoms with Crippen LogP contribution >= 0.6 is 0 Å². The van der Waals surface area contributed by atoms with Gasteiger partial charge in [0, 0.05) is 23.6 Å². The van der Waals surface area contributed by atoms with Crippen LogP contribution in [0.15, 0.2) is 18.3 Å². The predicted octanol–water partition coefficient (Wildman–Crippen LogP) is 2.94. The number of carboxylic acid groups (broad SMARTS) is 1. The lowest BCUT2D eigenvalue weighted by Crippen LogP contribution is -2.07. The highest BCUT2D eigenvalue weighted by atomic mass is 16.4. The molecule has 2 heterocycles. The van der Waals surface area contributed by atoms with Crippen molar-refractivity contribution in [3.63, 3.8) is 0 Å². The summed E-state index contributed by atoms with van der Waals surface area (Å²) >= 11 is 0. The van der Waals surface area contributed by atoms with Crippen LogP contribution in [0.4, 0.5) is 10.5 Å². The number of aromatic nitrogens is 2. The van der Waals surface area contributed by atoms with Crippen LogP contribution < -0.4 is 5.32 Å². The molecule has 2 N–H and O–H groups in total. The Balaban J connectivity index is 2.47. The first-order chi connectivity index (χ1) is 8.65. The molecule has 0 aromatic carbocycles. The van der Waals surface area contributed by atoms with Gasteiger partial charge in [-0.15, -0.1) is 0 Å². The van der Waals surface area contributed by atoms with Gasteiger partial charge in [-0.25, -0.2) is 9.78 Å². The molecule has 1 amide bonds. The van der Waals surface area contributed by atoms with Gasteiger partial charge in [0.05, 0.1) is 5.69 Å². The van der Waals surface area contributed by atoms with Crippen molar-refractivity contribution in [3.05, 3.63) is 29.7 Å². The van der Waals surface area contributed by atoms with Crippen molar-refractivity contribution in [2.45, 2.75) is 33.1 Å². The summed E-state index contributed by atoms with van der Waals surface area (Å²) < 4.78 is 2.03. The molecular formula is C13H17N3O2. The lowest BCUT2D eigenvalue weighted by atomic mass is 10.2. The quantitative estimate of drug-likeness (QED) is 0.872. The van der Waals surface area contributed by atoms with Crippen LogP contribution in [0.5, 0.6) is 0 Å². The Morgan fingerprint density at radius 2 is 2.28 bits per heavy atom. The zero-order valence-electron chi connectivity index (χ0n) is 10.6. The Kier molecular flexibility index (Phi) is 3.50. The van der Waals surface area contributed by atoms with E-state index in [4.69, 9.17) is 5.11 Å². The van der Waals surface area contributed by atoms with Gasteiger partial charge in [0.2, 0.25) is 0 Å². The van der Waals surface area contributed by atoms with E-state index in [1.165, 1.54) is 5.69 Å². The minimum atomic E-state index is -1.06. The van der Waals surface area contributed by atoms with Crippen molar-refractivity contribution in [2.75, 3.05) is 5.32 Å². The van der Waals surface area contributed by atoms with E-state index in [-0.39, 0.29) is 0 Å². The molecule has 0 aliphatic rings. The van der Waals surface area contributed by atoms with Gasteiger partial charge in [-0.2, -0.15) is 0 Å². The third-order valence-corrected chi connectivity index (χ3v) is 2.88. The van der Waals surface area contributed by atoms with Gasteiger partial charge in [-0.3, -0.25) is 5.32 Å². The lowest BCUT2D eigenvalue weighted by Gasteiger charge is -2.03. The first-order valence-corrected chi connectivity index (χ1v) is 6.15. The van der Waals surface area contributed by atoms with Crippen molar-refractivity contribution < 1.29 is 9.90 Å². The molecule has 0 bridgehead atoms. The molecule has 0 atom stereocenters. The summed E-state index contributed by atoms with van der Waals surface area (Å²) in [7, 11) is 0. The number of rotatable bonds is 4. The number of amides is 1. The number of nitrogens with one attached hydrogen (secondary N) is 1. The van der Waals surface area contributed by atoms with Gasteiger partial charge in [0.25, 0.3) is 0 Å². The summed E-state index contributed by atoms with van der Waals surface area (Å²) in [5, 5.41) is 11.0. The molecule has 0 aliphatic carbocycles. The third kappa shape index (κ3) is 2.30. The minimum Gasteiger partial charge on any atom is -0.465 e. The van der Waals surface area contributed by atoms with Gasteiger partial charge in [0.1, 0.15) is 5.65 Å². The molecule has 0 fully saturated rings. The summed E-state index contributed by atoms with van der Waals surface area (Å²) in [6, 6.07) is 3.50. The fourth-order valence-corrected chi connectivity index (χ4v) is 2.16. The average Bonchev–Trinajstić information content (AvgIpc) is 2.65. The minimum absolute atomic E-state index is 0.547. The topological polar surface area (TPSA) is 66.6 Å². The molecule has 96 valence electrons. The van der Waals surface area contributed by atoms with E-state index >= 15 is 0 Å². The lowest BCUT2D eigenvalue weighted by molar-refractivity contribution is 0.210. The van der Waals surface area contributed by atoms with Gasteiger partial charge >= 0.3 is 6.09 Å². The molecule has 18 heavy (non-hydrogen) atoms. The maximum absolute atomic E-state index is 10.6. The summed E-state index contributed by atoms with van der Waals surface area (Å²) in [5.74, 6) is 0. The Morgan fingerprint density at radius 3 is 2.89 bits per heavy atom. The van der Waals surface area contributed by atoms with E-state index in [1.54, 1.807) is 12.1 Å². The Hall–Kier alpha value is -2.04. The van der Waals surface area contributed by atoms with Crippen molar-refractivity contribution in [1.82, 2.24) is 9.38 Å². The van der Waals surface area contributed by atoms with Crippen LogP contribution in [0, 0.1) is 0 Å². The fourth-order valence-electron chi connectivity index (χ4n) is 2.16. The molecule has 5 nitrogen and oxygen atoms in total. The first kappa shape index (κ1) is 12.4. The molecule has 0 saturated heterocycles. The van der Waals surface area contributed by atoms with Crippen molar-refractivity contribution in [1.29, 1.82) is 0 Å². The molecule has 2 rings (SSSR count).